The van der Waals surface area contributed by atoms with Gasteiger partial charge in [-0.2, -0.15) is 0 Å². The minimum atomic E-state index is 0.318. The van der Waals surface area contributed by atoms with Crippen molar-refractivity contribution in [2.45, 2.75) is 41.0 Å². The number of thiophene rings is 1. The molecule has 3 aromatic rings. The van der Waals surface area contributed by atoms with Crippen molar-refractivity contribution < 1.29 is 0 Å². The van der Waals surface area contributed by atoms with E-state index in [1.165, 1.54) is 31.3 Å². The van der Waals surface area contributed by atoms with Crippen LogP contribution < -0.4 is 0 Å². The number of aromatic nitrogens is 1. The van der Waals surface area contributed by atoms with Gasteiger partial charge in [0.2, 0.25) is 0 Å². The molecule has 22 heavy (non-hydrogen) atoms. The predicted molar refractivity (Wildman–Crippen MR) is 99.6 cm³/mol. The van der Waals surface area contributed by atoms with Crippen molar-refractivity contribution in [3.63, 3.8) is 0 Å². The maximum atomic E-state index is 4.60. The molecule has 114 valence electrons. The summed E-state index contributed by atoms with van der Waals surface area (Å²) >= 11 is 1.87. The number of allylic oxidation sites excluding steroid dienone is 2. The van der Waals surface area contributed by atoms with E-state index in [9.17, 15) is 0 Å². The first-order chi connectivity index (χ1) is 10.4. The van der Waals surface area contributed by atoms with Gasteiger partial charge in [0.15, 0.2) is 0 Å². The topological polar surface area (TPSA) is 12.9 Å². The Bertz CT molecular complexity index is 862. The quantitative estimate of drug-likeness (QED) is 0.529. The van der Waals surface area contributed by atoms with E-state index in [4.69, 9.17) is 0 Å². The number of pyridine rings is 1. The Kier molecular flexibility index (Phi) is 3.82. The van der Waals surface area contributed by atoms with Gasteiger partial charge in [-0.3, -0.25) is 4.98 Å². The molecule has 0 saturated carbocycles. The van der Waals surface area contributed by atoms with Gasteiger partial charge in [0.1, 0.15) is 0 Å². The van der Waals surface area contributed by atoms with E-state index >= 15 is 0 Å². The van der Waals surface area contributed by atoms with E-state index in [1.54, 1.807) is 0 Å². The molecule has 0 saturated heterocycles. The largest absolute Gasteiger partial charge is 0.255 e. The Morgan fingerprint density at radius 1 is 1.18 bits per heavy atom. The summed E-state index contributed by atoms with van der Waals surface area (Å²) < 4.78 is 2.68. The van der Waals surface area contributed by atoms with E-state index in [0.717, 1.165) is 12.1 Å². The first-order valence-electron chi connectivity index (χ1n) is 7.82. The highest BCUT2D eigenvalue weighted by Gasteiger charge is 2.14. The van der Waals surface area contributed by atoms with Crippen molar-refractivity contribution in [1.29, 1.82) is 0 Å². The average molecular weight is 309 g/mol. The molecule has 0 atom stereocenters. The summed E-state index contributed by atoms with van der Waals surface area (Å²) in [5, 5.41) is 2.68. The van der Waals surface area contributed by atoms with Crippen LogP contribution in [0.3, 0.4) is 0 Å². The molecule has 2 aromatic heterocycles. The molecule has 0 N–H and O–H groups in total. The second-order valence-corrected chi connectivity index (χ2v) is 8.23. The van der Waals surface area contributed by atoms with Crippen molar-refractivity contribution in [3.8, 4) is 0 Å². The van der Waals surface area contributed by atoms with Crippen molar-refractivity contribution in [3.05, 3.63) is 47.8 Å². The Morgan fingerprint density at radius 2 is 1.95 bits per heavy atom. The average Bonchev–Trinajstić information content (AvgIpc) is 2.82. The van der Waals surface area contributed by atoms with Crippen LogP contribution in [0.1, 0.15) is 45.9 Å². The SMILES string of the molecule is C/C=C(\C)c1nccc2c1sc1cc(CC(C)(C)C)ccc12. The molecule has 2 heterocycles. The number of rotatable bonds is 2. The molecule has 0 bridgehead atoms. The van der Waals surface area contributed by atoms with Crippen LogP contribution >= 0.6 is 11.3 Å². The summed E-state index contributed by atoms with van der Waals surface area (Å²) in [6.07, 6.45) is 5.17. The normalized spacial score (nSPS) is 13.2. The zero-order valence-electron chi connectivity index (χ0n) is 14.0. The molecular formula is C20H23NS. The van der Waals surface area contributed by atoms with Crippen LogP contribution in [-0.4, -0.2) is 4.98 Å². The van der Waals surface area contributed by atoms with Gasteiger partial charge in [0.25, 0.3) is 0 Å². The van der Waals surface area contributed by atoms with Crippen LogP contribution in [0.5, 0.6) is 0 Å². The molecule has 3 rings (SSSR count). The monoisotopic (exact) mass is 309 g/mol. The third kappa shape index (κ3) is 2.80. The van der Waals surface area contributed by atoms with Gasteiger partial charge in [-0.15, -0.1) is 11.3 Å². The van der Waals surface area contributed by atoms with E-state index in [-0.39, 0.29) is 0 Å². The summed E-state index contributed by atoms with van der Waals surface area (Å²) in [5.74, 6) is 0. The maximum absolute atomic E-state index is 4.60. The van der Waals surface area contributed by atoms with Gasteiger partial charge in [-0.25, -0.2) is 0 Å². The third-order valence-electron chi connectivity index (χ3n) is 3.99. The van der Waals surface area contributed by atoms with Gasteiger partial charge in [-0.1, -0.05) is 39.0 Å². The fourth-order valence-corrected chi connectivity index (χ4v) is 4.20. The van der Waals surface area contributed by atoms with Crippen LogP contribution in [-0.2, 0) is 6.42 Å². The molecule has 0 aliphatic carbocycles. The van der Waals surface area contributed by atoms with E-state index in [0.29, 0.717) is 5.41 Å². The van der Waals surface area contributed by atoms with Gasteiger partial charge >= 0.3 is 0 Å². The first kappa shape index (κ1) is 15.2. The zero-order chi connectivity index (χ0) is 15.9. The molecule has 0 aliphatic heterocycles. The lowest BCUT2D eigenvalue weighted by Gasteiger charge is -2.17. The maximum Gasteiger partial charge on any atom is 0.0834 e. The minimum Gasteiger partial charge on any atom is -0.255 e. The van der Waals surface area contributed by atoms with Crippen molar-refractivity contribution >= 4 is 37.1 Å². The highest BCUT2D eigenvalue weighted by atomic mass is 32.1. The van der Waals surface area contributed by atoms with Crippen LogP contribution in [0.15, 0.2) is 36.5 Å². The molecule has 0 amide bonds. The lowest BCUT2D eigenvalue weighted by atomic mass is 9.88. The second kappa shape index (κ2) is 5.51. The summed E-state index contributed by atoms with van der Waals surface area (Å²) in [5.41, 5.74) is 4.10. The lowest BCUT2D eigenvalue weighted by molar-refractivity contribution is 0.411. The zero-order valence-corrected chi connectivity index (χ0v) is 14.8. The Morgan fingerprint density at radius 3 is 2.64 bits per heavy atom. The fourth-order valence-electron chi connectivity index (χ4n) is 2.89. The molecule has 1 aromatic carbocycles. The number of hydrogen-bond acceptors (Lipinski definition) is 2. The number of fused-ring (bicyclic) bond motifs is 3. The summed E-state index contributed by atoms with van der Waals surface area (Å²) in [4.78, 5) is 4.60. The standard InChI is InChI=1S/C20H23NS/c1-6-13(2)18-19-16(9-10-21-18)15-8-7-14(11-17(15)22-19)12-20(3,4)5/h6-11H,12H2,1-5H3/b13-6+. The smallest absolute Gasteiger partial charge is 0.0834 e. The number of nitrogens with zero attached hydrogens (tertiary/aromatic N) is 1. The number of benzene rings is 1. The van der Waals surface area contributed by atoms with Crippen molar-refractivity contribution in [1.82, 2.24) is 4.98 Å². The lowest BCUT2D eigenvalue weighted by Crippen LogP contribution is -2.08. The predicted octanol–water partition coefficient (Wildman–Crippen LogP) is 6.46. The number of hydrogen-bond donors (Lipinski definition) is 0. The van der Waals surface area contributed by atoms with E-state index in [2.05, 4.69) is 69.9 Å². The Balaban J connectivity index is 2.21. The van der Waals surface area contributed by atoms with Crippen molar-refractivity contribution in [2.24, 2.45) is 5.41 Å². The fraction of sp³-hybridized carbons (Fsp3) is 0.350. The molecule has 2 heteroatoms. The molecule has 1 nitrogen and oxygen atoms in total. The van der Waals surface area contributed by atoms with Crippen LogP contribution in [0.4, 0.5) is 0 Å². The first-order valence-corrected chi connectivity index (χ1v) is 8.64. The second-order valence-electron chi connectivity index (χ2n) is 7.18. The van der Waals surface area contributed by atoms with E-state index < -0.39 is 0 Å². The van der Waals surface area contributed by atoms with Gasteiger partial charge in [0, 0.05) is 21.7 Å². The molecule has 0 fully saturated rings. The van der Waals surface area contributed by atoms with Crippen LogP contribution in [0, 0.1) is 5.41 Å². The molecule has 0 radical (unpaired) electrons. The molecule has 0 unspecified atom stereocenters. The van der Waals surface area contributed by atoms with Gasteiger partial charge in [0.05, 0.1) is 10.4 Å². The van der Waals surface area contributed by atoms with Crippen molar-refractivity contribution in [2.75, 3.05) is 0 Å². The van der Waals surface area contributed by atoms with Gasteiger partial charge < -0.3 is 0 Å². The van der Waals surface area contributed by atoms with Gasteiger partial charge in [-0.05, 0) is 49.0 Å². The summed E-state index contributed by atoms with van der Waals surface area (Å²) in [6.45, 7) is 11.1. The molecule has 0 aliphatic rings. The molecular weight excluding hydrogens is 286 g/mol. The highest BCUT2D eigenvalue weighted by Crippen LogP contribution is 2.38. The van der Waals surface area contributed by atoms with Crippen LogP contribution in [0.25, 0.3) is 25.7 Å². The third-order valence-corrected chi connectivity index (χ3v) is 5.17. The summed E-state index contributed by atoms with van der Waals surface area (Å²) in [7, 11) is 0. The highest BCUT2D eigenvalue weighted by molar-refractivity contribution is 7.26. The van der Waals surface area contributed by atoms with Crippen LogP contribution in [0.2, 0.25) is 0 Å². The molecule has 0 spiro atoms. The summed E-state index contributed by atoms with van der Waals surface area (Å²) in [6, 6.07) is 9.07. The minimum absolute atomic E-state index is 0.318. The van der Waals surface area contributed by atoms with E-state index in [1.807, 2.05) is 17.5 Å². The Labute approximate surface area is 136 Å². The Hall–Kier alpha value is -1.67.